The molecule has 0 unspecified atom stereocenters. The van der Waals surface area contributed by atoms with E-state index in [4.69, 9.17) is 23.2 Å². The minimum atomic E-state index is -3.45. The quantitative estimate of drug-likeness (QED) is 0.338. The number of carboxylic acids is 1. The lowest BCUT2D eigenvalue weighted by Crippen LogP contribution is -2.58. The molecule has 2 aromatic rings. The van der Waals surface area contributed by atoms with E-state index in [0.717, 1.165) is 11.1 Å². The highest BCUT2D eigenvalue weighted by atomic mass is 35.5. The molecule has 2 aliphatic rings. The Bertz CT molecular complexity index is 1320. The Balaban J connectivity index is 1.85. The molecule has 212 valence electrons. The molecule has 0 radical (unpaired) electrons. The number of aliphatic carboxylic acids is 1. The highest BCUT2D eigenvalue weighted by molar-refractivity contribution is 7.90. The monoisotopic (exact) mass is 594 g/mol. The molecule has 7 nitrogen and oxygen atoms in total. The molecule has 1 saturated carbocycles. The summed E-state index contributed by atoms with van der Waals surface area (Å²) in [5, 5.41) is 10.3. The van der Waals surface area contributed by atoms with E-state index in [2.05, 4.69) is 0 Å². The zero-order valence-electron chi connectivity index (χ0n) is 22.5. The summed E-state index contributed by atoms with van der Waals surface area (Å²) < 4.78 is 27.5. The van der Waals surface area contributed by atoms with Gasteiger partial charge in [-0.15, -0.1) is 0 Å². The summed E-state index contributed by atoms with van der Waals surface area (Å²) in [7, 11) is -1.87. The van der Waals surface area contributed by atoms with Crippen LogP contribution in [0.15, 0.2) is 48.5 Å². The topological polar surface area (TPSA) is 95.0 Å². The number of carbonyl (C=O) groups is 2. The van der Waals surface area contributed by atoms with Gasteiger partial charge in [0.1, 0.15) is 0 Å². The number of nitrogens with zero attached hydrogens (tertiary/aromatic N) is 2. The molecule has 1 amide bonds. The first-order valence-electron chi connectivity index (χ1n) is 13.4. The minimum Gasteiger partial charge on any atom is -0.481 e. The van der Waals surface area contributed by atoms with Gasteiger partial charge < -0.3 is 10.0 Å². The summed E-state index contributed by atoms with van der Waals surface area (Å²) >= 11 is 12.6. The maximum Gasteiger partial charge on any atom is 0.303 e. The molecule has 0 bridgehead atoms. The maximum atomic E-state index is 14.4. The zero-order chi connectivity index (χ0) is 28.5. The Labute approximate surface area is 241 Å². The van der Waals surface area contributed by atoms with E-state index < -0.39 is 33.5 Å². The average Bonchev–Trinajstić information content (AvgIpc) is 3.75. The van der Waals surface area contributed by atoms with Crippen LogP contribution in [0.25, 0.3) is 0 Å². The molecule has 2 aromatic carbocycles. The summed E-state index contributed by atoms with van der Waals surface area (Å²) in [6.07, 6.45) is 2.30. The van der Waals surface area contributed by atoms with E-state index in [-0.39, 0.29) is 36.5 Å². The first kappa shape index (κ1) is 29.8. The predicted octanol–water partition coefficient (Wildman–Crippen LogP) is 6.12. The van der Waals surface area contributed by atoms with Crippen molar-refractivity contribution in [2.75, 3.05) is 13.6 Å². The van der Waals surface area contributed by atoms with Crippen molar-refractivity contribution in [3.63, 3.8) is 0 Å². The molecule has 10 heteroatoms. The number of likely N-dealkylation sites (N-methyl/N-ethyl adjacent to an activating group) is 1. The van der Waals surface area contributed by atoms with E-state index >= 15 is 0 Å². The first-order valence-corrected chi connectivity index (χ1v) is 15.6. The fraction of sp³-hybridized carbons (Fsp3) is 0.517. The van der Waals surface area contributed by atoms with Crippen molar-refractivity contribution in [1.29, 1.82) is 0 Å². The van der Waals surface area contributed by atoms with Gasteiger partial charge in [0.15, 0.2) is 0 Å². The van der Waals surface area contributed by atoms with Crippen LogP contribution in [0.5, 0.6) is 0 Å². The number of rotatable bonds is 11. The number of likely N-dealkylation sites (tertiary alicyclic amines) is 1. The fourth-order valence-corrected chi connectivity index (χ4v) is 7.77. The van der Waals surface area contributed by atoms with Crippen molar-refractivity contribution in [2.45, 2.75) is 75.6 Å². The van der Waals surface area contributed by atoms with Gasteiger partial charge in [0.2, 0.25) is 15.9 Å². The van der Waals surface area contributed by atoms with Gasteiger partial charge in [-0.05, 0) is 67.5 Å². The third-order valence-electron chi connectivity index (χ3n) is 8.19. The van der Waals surface area contributed by atoms with Crippen LogP contribution in [0.3, 0.4) is 0 Å². The molecule has 39 heavy (non-hydrogen) atoms. The Hall–Kier alpha value is -2.13. The average molecular weight is 596 g/mol. The highest BCUT2D eigenvalue weighted by Gasteiger charge is 2.52. The Morgan fingerprint density at radius 1 is 1.13 bits per heavy atom. The molecular formula is C29H36Cl2N2O5S. The summed E-state index contributed by atoms with van der Waals surface area (Å²) in [5.74, 6) is -1.33. The number of benzene rings is 2. The molecule has 1 aliphatic heterocycles. The molecule has 4 rings (SSSR count). The number of hydrogen-bond acceptors (Lipinski definition) is 4. The number of hydrogen-bond donors (Lipinski definition) is 1. The molecule has 0 spiro atoms. The van der Waals surface area contributed by atoms with Crippen molar-refractivity contribution < 1.29 is 23.1 Å². The normalized spacial score (nSPS) is 24.7. The van der Waals surface area contributed by atoms with Crippen molar-refractivity contribution in [1.82, 2.24) is 9.21 Å². The number of amides is 1. The summed E-state index contributed by atoms with van der Waals surface area (Å²) in [4.78, 5) is 27.9. The van der Waals surface area contributed by atoms with Gasteiger partial charge in [-0.3, -0.25) is 9.59 Å². The van der Waals surface area contributed by atoms with Crippen LogP contribution in [0, 0.1) is 5.41 Å². The first-order chi connectivity index (χ1) is 18.4. The summed E-state index contributed by atoms with van der Waals surface area (Å²) in [5.41, 5.74) is 0.856. The van der Waals surface area contributed by atoms with Crippen LogP contribution in [0.2, 0.25) is 10.0 Å². The SMILES string of the molecule is CC[C@@H](CN(C)S(=O)(=O)C1CC1)N1C(=O)[C@@](C)(CCC(=O)O)C[C@H](c2cccc(Cl)c2)[C@H]1c1ccc(Cl)cc1. The summed E-state index contributed by atoms with van der Waals surface area (Å²) in [6, 6.07) is 14.1. The van der Waals surface area contributed by atoms with Crippen LogP contribution < -0.4 is 0 Å². The van der Waals surface area contributed by atoms with E-state index in [1.54, 1.807) is 25.2 Å². The van der Waals surface area contributed by atoms with Gasteiger partial charge in [0.05, 0.1) is 11.3 Å². The number of sulfonamides is 1. The Morgan fingerprint density at radius 3 is 2.36 bits per heavy atom. The van der Waals surface area contributed by atoms with Crippen LogP contribution in [0.1, 0.15) is 75.5 Å². The molecule has 1 N–H and O–H groups in total. The lowest BCUT2D eigenvalue weighted by atomic mass is 9.66. The van der Waals surface area contributed by atoms with E-state index in [9.17, 15) is 23.1 Å². The van der Waals surface area contributed by atoms with Crippen LogP contribution >= 0.6 is 23.2 Å². The number of carboxylic acid groups (broad SMARTS) is 1. The third-order valence-corrected chi connectivity index (χ3v) is 11.0. The van der Waals surface area contributed by atoms with Gasteiger partial charge in [0, 0.05) is 47.4 Å². The molecule has 4 atom stereocenters. The van der Waals surface area contributed by atoms with Crippen molar-refractivity contribution >= 4 is 45.1 Å². The lowest BCUT2D eigenvalue weighted by molar-refractivity contribution is -0.156. The van der Waals surface area contributed by atoms with Gasteiger partial charge in [-0.1, -0.05) is 61.3 Å². The largest absolute Gasteiger partial charge is 0.481 e. The molecule has 0 aromatic heterocycles. The zero-order valence-corrected chi connectivity index (χ0v) is 24.8. The van der Waals surface area contributed by atoms with Gasteiger partial charge >= 0.3 is 5.97 Å². The smallest absolute Gasteiger partial charge is 0.303 e. The predicted molar refractivity (Wildman–Crippen MR) is 153 cm³/mol. The van der Waals surface area contributed by atoms with E-state index in [1.165, 1.54) is 4.31 Å². The molecule has 1 heterocycles. The second-order valence-corrected chi connectivity index (χ2v) is 14.3. The van der Waals surface area contributed by atoms with Crippen molar-refractivity contribution in [2.24, 2.45) is 5.41 Å². The number of halogens is 2. The lowest BCUT2D eigenvalue weighted by Gasteiger charge is -2.52. The van der Waals surface area contributed by atoms with Crippen LogP contribution in [-0.4, -0.2) is 59.5 Å². The number of carbonyl (C=O) groups excluding carboxylic acids is 1. The van der Waals surface area contributed by atoms with Gasteiger partial charge in [0.25, 0.3) is 0 Å². The second-order valence-electron chi connectivity index (χ2n) is 11.1. The van der Waals surface area contributed by atoms with Crippen molar-refractivity contribution in [3.8, 4) is 0 Å². The van der Waals surface area contributed by atoms with E-state index in [1.807, 2.05) is 49.1 Å². The molecule has 1 aliphatic carbocycles. The standard InChI is InChI=1S/C29H36Cl2N2O5S/c1-4-23(18-32(3)39(37,38)24-12-13-24)33-27(19-8-10-21(30)11-9-19)25(20-6-5-7-22(31)16-20)17-29(2,28(33)36)15-14-26(34)35/h5-11,16,23-25,27H,4,12-15,17-18H2,1-3H3,(H,34,35)/t23-,25+,27+,29-/m0/s1. The van der Waals surface area contributed by atoms with Crippen LogP contribution in [-0.2, 0) is 19.6 Å². The van der Waals surface area contributed by atoms with Gasteiger partial charge in [-0.25, -0.2) is 12.7 Å². The Morgan fingerprint density at radius 2 is 1.79 bits per heavy atom. The Kier molecular flexibility index (Phi) is 9.01. The summed E-state index contributed by atoms with van der Waals surface area (Å²) in [6.45, 7) is 3.94. The van der Waals surface area contributed by atoms with E-state index in [0.29, 0.717) is 35.7 Å². The van der Waals surface area contributed by atoms with Gasteiger partial charge in [-0.2, -0.15) is 0 Å². The van der Waals surface area contributed by atoms with Crippen molar-refractivity contribution in [3.05, 3.63) is 69.7 Å². The maximum absolute atomic E-state index is 14.4. The molecular weight excluding hydrogens is 559 g/mol. The molecule has 2 fully saturated rings. The third kappa shape index (κ3) is 6.45. The number of piperidine rings is 1. The highest BCUT2D eigenvalue weighted by Crippen LogP contribution is 2.52. The van der Waals surface area contributed by atoms with Crippen LogP contribution in [0.4, 0.5) is 0 Å². The second kappa shape index (κ2) is 11.8. The molecule has 1 saturated heterocycles. The minimum absolute atomic E-state index is 0.142. The fourth-order valence-electron chi connectivity index (χ4n) is 5.83.